The molecule has 182 valence electrons. The Kier molecular flexibility index (Phi) is 5.75. The molecule has 0 unspecified atom stereocenters. The first-order chi connectivity index (χ1) is 16.8. The third kappa shape index (κ3) is 3.32. The van der Waals surface area contributed by atoms with Gasteiger partial charge in [-0.05, 0) is 51.8 Å². The van der Waals surface area contributed by atoms with Crippen LogP contribution < -0.4 is 10.3 Å². The Morgan fingerprint density at radius 1 is 1.06 bits per heavy atom. The van der Waals surface area contributed by atoms with Crippen LogP contribution in [0.4, 0.5) is 5.69 Å². The number of fused-ring (bicyclic) bond motifs is 5. The lowest BCUT2D eigenvalue weighted by Crippen LogP contribution is -2.53. The lowest BCUT2D eigenvalue weighted by atomic mass is 9.84. The molecule has 2 aromatic carbocycles. The minimum absolute atomic E-state index is 0.0439. The Bertz CT molecular complexity index is 1390. The minimum Gasteiger partial charge on any atom is -0.450 e. The van der Waals surface area contributed by atoms with Gasteiger partial charge in [-0.3, -0.25) is 14.4 Å². The molecule has 35 heavy (non-hydrogen) atoms. The van der Waals surface area contributed by atoms with Crippen LogP contribution in [0.5, 0.6) is 0 Å². The molecule has 2 amide bonds. The smallest absolute Gasteiger partial charge is 0.291 e. The van der Waals surface area contributed by atoms with Gasteiger partial charge in [-0.1, -0.05) is 36.8 Å². The molecular formula is C28H30N2O5. The number of amides is 2. The Hall–Kier alpha value is -3.45. The van der Waals surface area contributed by atoms with Gasteiger partial charge in [0.2, 0.25) is 5.76 Å². The summed E-state index contributed by atoms with van der Waals surface area (Å²) in [5.41, 5.74) is 0.867. The van der Waals surface area contributed by atoms with Crippen molar-refractivity contribution < 1.29 is 18.7 Å². The van der Waals surface area contributed by atoms with Crippen LogP contribution in [0, 0.1) is 6.92 Å². The number of nitrogens with zero attached hydrogens (tertiary/aromatic N) is 2. The second-order valence-electron chi connectivity index (χ2n) is 9.55. The number of aryl methyl sites for hydroxylation is 1. The molecule has 0 aliphatic carbocycles. The van der Waals surface area contributed by atoms with Gasteiger partial charge < -0.3 is 19.0 Å². The van der Waals surface area contributed by atoms with E-state index in [0.29, 0.717) is 36.1 Å². The van der Waals surface area contributed by atoms with Crippen molar-refractivity contribution in [2.45, 2.75) is 52.2 Å². The number of anilines is 1. The number of carbonyl (C=O) groups is 2. The van der Waals surface area contributed by atoms with Crippen molar-refractivity contribution in [2.75, 3.05) is 24.6 Å². The lowest BCUT2D eigenvalue weighted by Gasteiger charge is -2.34. The summed E-state index contributed by atoms with van der Waals surface area (Å²) in [6.45, 7) is 8.98. The third-order valence-corrected chi connectivity index (χ3v) is 6.82. The summed E-state index contributed by atoms with van der Waals surface area (Å²) in [4.78, 5) is 45.4. The SMILES string of the molecule is CCCN1C(=O)[C@@]2(c3ccccc31)c1c(oc3ccc(C)cc3c1=O)C(=O)N2CCCOC(C)C. The maximum Gasteiger partial charge on any atom is 0.291 e. The van der Waals surface area contributed by atoms with Gasteiger partial charge in [0.25, 0.3) is 11.8 Å². The van der Waals surface area contributed by atoms with Crippen molar-refractivity contribution in [1.82, 2.24) is 4.90 Å². The molecule has 0 N–H and O–H groups in total. The largest absolute Gasteiger partial charge is 0.450 e. The summed E-state index contributed by atoms with van der Waals surface area (Å²) >= 11 is 0. The molecule has 7 nitrogen and oxygen atoms in total. The number of benzene rings is 2. The van der Waals surface area contributed by atoms with Gasteiger partial charge in [-0.2, -0.15) is 0 Å². The van der Waals surface area contributed by atoms with Gasteiger partial charge in [-0.15, -0.1) is 0 Å². The lowest BCUT2D eigenvalue weighted by molar-refractivity contribution is -0.126. The topological polar surface area (TPSA) is 80.1 Å². The maximum atomic E-state index is 14.3. The maximum absolute atomic E-state index is 14.3. The molecule has 3 aromatic rings. The van der Waals surface area contributed by atoms with E-state index >= 15 is 0 Å². The molecule has 1 aromatic heterocycles. The highest BCUT2D eigenvalue weighted by Crippen LogP contribution is 2.52. The van der Waals surface area contributed by atoms with Gasteiger partial charge in [-0.25, -0.2) is 0 Å². The Morgan fingerprint density at radius 2 is 1.83 bits per heavy atom. The molecule has 1 spiro atoms. The van der Waals surface area contributed by atoms with Crippen LogP contribution >= 0.6 is 0 Å². The highest BCUT2D eigenvalue weighted by molar-refractivity contribution is 6.17. The van der Waals surface area contributed by atoms with Crippen molar-refractivity contribution in [3.63, 3.8) is 0 Å². The van der Waals surface area contributed by atoms with Crippen molar-refractivity contribution in [2.24, 2.45) is 0 Å². The summed E-state index contributed by atoms with van der Waals surface area (Å²) < 4.78 is 11.8. The number of rotatable bonds is 7. The van der Waals surface area contributed by atoms with E-state index in [9.17, 15) is 14.4 Å². The summed E-state index contributed by atoms with van der Waals surface area (Å²) in [5, 5.41) is 0.375. The Balaban J connectivity index is 1.78. The third-order valence-electron chi connectivity index (χ3n) is 6.82. The number of hydrogen-bond acceptors (Lipinski definition) is 5. The number of hydrogen-bond donors (Lipinski definition) is 0. The van der Waals surface area contributed by atoms with Crippen LogP contribution in [0.2, 0.25) is 0 Å². The van der Waals surface area contributed by atoms with Crippen molar-refractivity contribution in [3.8, 4) is 0 Å². The van der Waals surface area contributed by atoms with E-state index in [1.807, 2.05) is 58.0 Å². The molecule has 0 bridgehead atoms. The zero-order valence-electron chi connectivity index (χ0n) is 20.6. The number of para-hydroxylation sites is 1. The molecule has 5 rings (SSSR count). The fourth-order valence-corrected chi connectivity index (χ4v) is 5.39. The highest BCUT2D eigenvalue weighted by Gasteiger charge is 2.64. The second-order valence-corrected chi connectivity index (χ2v) is 9.55. The predicted octanol–water partition coefficient (Wildman–Crippen LogP) is 4.37. The molecule has 3 heterocycles. The van der Waals surface area contributed by atoms with Gasteiger partial charge in [0.05, 0.1) is 22.7 Å². The van der Waals surface area contributed by atoms with E-state index < -0.39 is 11.4 Å². The van der Waals surface area contributed by atoms with Gasteiger partial charge >= 0.3 is 0 Å². The van der Waals surface area contributed by atoms with E-state index in [1.165, 1.54) is 4.90 Å². The van der Waals surface area contributed by atoms with Crippen LogP contribution in [0.15, 0.2) is 51.7 Å². The van der Waals surface area contributed by atoms with Gasteiger partial charge in [0.1, 0.15) is 5.58 Å². The highest BCUT2D eigenvalue weighted by atomic mass is 16.5. The molecule has 0 saturated carbocycles. The van der Waals surface area contributed by atoms with Crippen molar-refractivity contribution in [1.29, 1.82) is 0 Å². The molecule has 0 saturated heterocycles. The van der Waals surface area contributed by atoms with Crippen LogP contribution in [0.1, 0.15) is 60.9 Å². The average Bonchev–Trinajstić information content (AvgIpc) is 3.22. The predicted molar refractivity (Wildman–Crippen MR) is 134 cm³/mol. The Labute approximate surface area is 204 Å². The minimum atomic E-state index is -1.55. The van der Waals surface area contributed by atoms with E-state index in [0.717, 1.165) is 17.7 Å². The fraction of sp³-hybridized carbons (Fsp3) is 0.393. The van der Waals surface area contributed by atoms with Gasteiger partial charge in [0, 0.05) is 25.3 Å². The molecular weight excluding hydrogens is 444 g/mol. The summed E-state index contributed by atoms with van der Waals surface area (Å²) in [5.74, 6) is -0.764. The number of carbonyl (C=O) groups excluding carboxylic acids is 2. The number of ether oxygens (including phenoxy) is 1. The van der Waals surface area contributed by atoms with E-state index in [-0.39, 0.29) is 35.3 Å². The van der Waals surface area contributed by atoms with E-state index in [1.54, 1.807) is 17.0 Å². The van der Waals surface area contributed by atoms with Crippen LogP contribution in [0.3, 0.4) is 0 Å². The normalized spacial score (nSPS) is 18.9. The zero-order chi connectivity index (χ0) is 24.9. The van der Waals surface area contributed by atoms with Crippen molar-refractivity contribution >= 4 is 28.5 Å². The first-order valence-corrected chi connectivity index (χ1v) is 12.2. The second kappa shape index (κ2) is 8.64. The van der Waals surface area contributed by atoms with Crippen molar-refractivity contribution in [3.05, 3.63) is 75.1 Å². The summed E-state index contributed by atoms with van der Waals surface area (Å²) in [6.07, 6.45) is 1.32. The molecule has 2 aliphatic rings. The average molecular weight is 475 g/mol. The van der Waals surface area contributed by atoms with Gasteiger partial charge in [0.15, 0.2) is 11.0 Å². The molecule has 0 fully saturated rings. The summed E-state index contributed by atoms with van der Waals surface area (Å²) in [7, 11) is 0. The molecule has 7 heteroatoms. The fourth-order valence-electron chi connectivity index (χ4n) is 5.39. The molecule has 1 atom stereocenters. The first kappa shape index (κ1) is 23.3. The standard InChI is InChI=1S/C28H30N2O5/c1-5-13-29-21-10-7-6-9-20(21)28(27(29)33)23-24(31)19-16-18(4)11-12-22(19)35-25(23)26(32)30(28)14-8-15-34-17(2)3/h6-7,9-12,16-17H,5,8,13-15H2,1-4H3/t28-/m1/s1. The van der Waals surface area contributed by atoms with Crippen LogP contribution in [-0.4, -0.2) is 42.5 Å². The quantitative estimate of drug-likeness (QED) is 0.475. The zero-order valence-corrected chi connectivity index (χ0v) is 20.6. The first-order valence-electron chi connectivity index (χ1n) is 12.2. The van der Waals surface area contributed by atoms with E-state index in [2.05, 4.69) is 0 Å². The Morgan fingerprint density at radius 3 is 2.57 bits per heavy atom. The monoisotopic (exact) mass is 474 g/mol. The molecule has 2 aliphatic heterocycles. The van der Waals surface area contributed by atoms with Crippen LogP contribution in [0.25, 0.3) is 11.0 Å². The van der Waals surface area contributed by atoms with Crippen LogP contribution in [-0.2, 0) is 15.1 Å². The van der Waals surface area contributed by atoms with E-state index in [4.69, 9.17) is 9.15 Å². The summed E-state index contributed by atoms with van der Waals surface area (Å²) in [6, 6.07) is 12.8. The molecule has 0 radical (unpaired) electrons.